The molecule has 0 spiro atoms. The third kappa shape index (κ3) is 4.91. The van der Waals surface area contributed by atoms with E-state index in [1.165, 1.54) is 0 Å². The van der Waals surface area contributed by atoms with Gasteiger partial charge in [0.05, 0.1) is 25.7 Å². The SMILES string of the molecule is CCC(CO)N(Cc1cccs1)C(=O)CNC(=O)c1ccccc1. The number of hydrogen-bond acceptors (Lipinski definition) is 4. The molecular weight excluding hydrogens is 324 g/mol. The third-order valence-electron chi connectivity index (χ3n) is 3.79. The number of carbonyl (C=O) groups is 2. The highest BCUT2D eigenvalue weighted by atomic mass is 32.1. The lowest BCUT2D eigenvalue weighted by molar-refractivity contribution is -0.134. The van der Waals surface area contributed by atoms with Gasteiger partial charge in [0.25, 0.3) is 5.91 Å². The smallest absolute Gasteiger partial charge is 0.251 e. The van der Waals surface area contributed by atoms with Gasteiger partial charge in [-0.05, 0) is 30.0 Å². The number of nitrogens with one attached hydrogen (secondary N) is 1. The maximum absolute atomic E-state index is 12.6. The van der Waals surface area contributed by atoms with Gasteiger partial charge in [-0.3, -0.25) is 9.59 Å². The Morgan fingerprint density at radius 2 is 1.96 bits per heavy atom. The van der Waals surface area contributed by atoms with Crippen molar-refractivity contribution in [3.8, 4) is 0 Å². The molecule has 0 radical (unpaired) electrons. The van der Waals surface area contributed by atoms with Crippen LogP contribution in [0.2, 0.25) is 0 Å². The van der Waals surface area contributed by atoms with Crippen LogP contribution in [0.1, 0.15) is 28.6 Å². The molecule has 1 aromatic carbocycles. The molecule has 128 valence electrons. The van der Waals surface area contributed by atoms with Gasteiger partial charge in [0.15, 0.2) is 0 Å². The van der Waals surface area contributed by atoms with E-state index in [1.54, 1.807) is 40.5 Å². The molecule has 1 unspecified atom stereocenters. The molecule has 6 heteroatoms. The molecule has 1 heterocycles. The predicted octanol–water partition coefficient (Wildman–Crippen LogP) is 2.28. The summed E-state index contributed by atoms with van der Waals surface area (Å²) in [5.74, 6) is -0.481. The highest BCUT2D eigenvalue weighted by Crippen LogP contribution is 2.15. The molecule has 24 heavy (non-hydrogen) atoms. The fraction of sp³-hybridized carbons (Fsp3) is 0.333. The minimum Gasteiger partial charge on any atom is -0.394 e. The van der Waals surface area contributed by atoms with Crippen molar-refractivity contribution in [1.29, 1.82) is 0 Å². The molecule has 1 atom stereocenters. The fourth-order valence-corrected chi connectivity index (χ4v) is 3.09. The van der Waals surface area contributed by atoms with Crippen LogP contribution in [0.25, 0.3) is 0 Å². The zero-order valence-electron chi connectivity index (χ0n) is 13.6. The van der Waals surface area contributed by atoms with E-state index in [-0.39, 0.29) is 31.0 Å². The van der Waals surface area contributed by atoms with Crippen LogP contribution < -0.4 is 5.32 Å². The van der Waals surface area contributed by atoms with Gasteiger partial charge in [0, 0.05) is 10.4 Å². The van der Waals surface area contributed by atoms with E-state index < -0.39 is 0 Å². The number of thiophene rings is 1. The van der Waals surface area contributed by atoms with Crippen molar-refractivity contribution >= 4 is 23.2 Å². The van der Waals surface area contributed by atoms with Gasteiger partial charge in [0.2, 0.25) is 5.91 Å². The van der Waals surface area contributed by atoms with Crippen molar-refractivity contribution in [3.05, 3.63) is 58.3 Å². The second-order valence-corrected chi connectivity index (χ2v) is 6.43. The first-order valence-electron chi connectivity index (χ1n) is 7.91. The van der Waals surface area contributed by atoms with Crippen LogP contribution in [-0.4, -0.2) is 41.0 Å². The van der Waals surface area contributed by atoms with Gasteiger partial charge in [-0.15, -0.1) is 11.3 Å². The van der Waals surface area contributed by atoms with Gasteiger partial charge in [-0.25, -0.2) is 0 Å². The minimum atomic E-state index is -0.280. The molecule has 0 saturated heterocycles. The lowest BCUT2D eigenvalue weighted by atomic mass is 10.2. The van der Waals surface area contributed by atoms with E-state index in [4.69, 9.17) is 0 Å². The average molecular weight is 346 g/mol. The van der Waals surface area contributed by atoms with Crippen molar-refractivity contribution in [2.24, 2.45) is 0 Å². The van der Waals surface area contributed by atoms with Crippen LogP contribution in [0.4, 0.5) is 0 Å². The second-order valence-electron chi connectivity index (χ2n) is 5.39. The number of hydrogen-bond donors (Lipinski definition) is 2. The van der Waals surface area contributed by atoms with E-state index >= 15 is 0 Å². The van der Waals surface area contributed by atoms with E-state index in [9.17, 15) is 14.7 Å². The average Bonchev–Trinajstić information content (AvgIpc) is 3.13. The highest BCUT2D eigenvalue weighted by molar-refractivity contribution is 7.09. The zero-order chi connectivity index (χ0) is 17.4. The fourth-order valence-electron chi connectivity index (χ4n) is 2.39. The summed E-state index contributed by atoms with van der Waals surface area (Å²) >= 11 is 1.57. The Bertz CT molecular complexity index is 640. The van der Waals surface area contributed by atoms with Crippen LogP contribution in [0.5, 0.6) is 0 Å². The minimum absolute atomic E-state index is 0.0877. The van der Waals surface area contributed by atoms with Crippen LogP contribution >= 0.6 is 11.3 Å². The van der Waals surface area contributed by atoms with Gasteiger partial charge in [-0.1, -0.05) is 31.2 Å². The standard InChI is InChI=1S/C18H22N2O3S/c1-2-15(13-21)20(12-16-9-6-10-24-16)17(22)11-19-18(23)14-7-4-3-5-8-14/h3-10,15,21H,2,11-13H2,1H3,(H,19,23). The van der Waals surface area contributed by atoms with Crippen LogP contribution in [0, 0.1) is 0 Å². The molecule has 2 rings (SSSR count). The molecule has 2 N–H and O–H groups in total. The van der Waals surface area contributed by atoms with Crippen molar-refractivity contribution in [2.45, 2.75) is 25.9 Å². The summed E-state index contributed by atoms with van der Waals surface area (Å²) in [4.78, 5) is 27.3. The number of aliphatic hydroxyl groups excluding tert-OH is 1. The molecule has 0 saturated carbocycles. The summed E-state index contributed by atoms with van der Waals surface area (Å²) in [6, 6.07) is 12.4. The summed E-state index contributed by atoms with van der Waals surface area (Å²) < 4.78 is 0. The van der Waals surface area contributed by atoms with Crippen molar-refractivity contribution in [2.75, 3.05) is 13.2 Å². The Labute approximate surface area is 145 Å². The largest absolute Gasteiger partial charge is 0.394 e. The first-order chi connectivity index (χ1) is 11.7. The number of aliphatic hydroxyl groups is 1. The molecule has 5 nitrogen and oxygen atoms in total. The summed E-state index contributed by atoms with van der Waals surface area (Å²) in [6.45, 7) is 2.19. The summed E-state index contributed by atoms with van der Waals surface area (Å²) in [6.07, 6.45) is 0.653. The quantitative estimate of drug-likeness (QED) is 0.770. The summed E-state index contributed by atoms with van der Waals surface area (Å²) in [5.41, 5.74) is 0.518. The van der Waals surface area contributed by atoms with Gasteiger partial charge >= 0.3 is 0 Å². The van der Waals surface area contributed by atoms with E-state index in [0.29, 0.717) is 18.5 Å². The van der Waals surface area contributed by atoms with E-state index in [1.807, 2.05) is 30.5 Å². The molecule has 1 aromatic heterocycles. The molecule has 2 amide bonds. The van der Waals surface area contributed by atoms with E-state index in [2.05, 4.69) is 5.32 Å². The third-order valence-corrected chi connectivity index (χ3v) is 4.65. The monoisotopic (exact) mass is 346 g/mol. The second kappa shape index (κ2) is 9.20. The van der Waals surface area contributed by atoms with Crippen LogP contribution in [-0.2, 0) is 11.3 Å². The number of rotatable bonds is 8. The van der Waals surface area contributed by atoms with E-state index in [0.717, 1.165) is 4.88 Å². The maximum atomic E-state index is 12.6. The topological polar surface area (TPSA) is 69.6 Å². The van der Waals surface area contributed by atoms with Crippen LogP contribution in [0.15, 0.2) is 47.8 Å². The molecule has 0 aliphatic rings. The van der Waals surface area contributed by atoms with Crippen LogP contribution in [0.3, 0.4) is 0 Å². The van der Waals surface area contributed by atoms with Crippen molar-refractivity contribution in [1.82, 2.24) is 10.2 Å². The van der Waals surface area contributed by atoms with Crippen molar-refractivity contribution in [3.63, 3.8) is 0 Å². The Balaban J connectivity index is 2.00. The van der Waals surface area contributed by atoms with Gasteiger partial charge < -0.3 is 15.3 Å². The predicted molar refractivity (Wildman–Crippen MR) is 94.8 cm³/mol. The Morgan fingerprint density at radius 3 is 2.54 bits per heavy atom. The lowest BCUT2D eigenvalue weighted by Crippen LogP contribution is -2.46. The molecule has 2 aromatic rings. The molecule has 0 aliphatic carbocycles. The first-order valence-corrected chi connectivity index (χ1v) is 8.79. The molecular formula is C18H22N2O3S. The van der Waals surface area contributed by atoms with Crippen molar-refractivity contribution < 1.29 is 14.7 Å². The highest BCUT2D eigenvalue weighted by Gasteiger charge is 2.22. The first kappa shape index (κ1) is 18.2. The van der Waals surface area contributed by atoms with Gasteiger partial charge in [-0.2, -0.15) is 0 Å². The Hall–Kier alpha value is -2.18. The Morgan fingerprint density at radius 1 is 1.21 bits per heavy atom. The Kier molecular flexibility index (Phi) is 6.96. The molecule has 0 fully saturated rings. The summed E-state index contributed by atoms with van der Waals surface area (Å²) in [7, 11) is 0. The number of amides is 2. The molecule has 0 bridgehead atoms. The number of nitrogens with zero attached hydrogens (tertiary/aromatic N) is 1. The normalized spacial score (nSPS) is 11.8. The van der Waals surface area contributed by atoms with Gasteiger partial charge in [0.1, 0.15) is 0 Å². The maximum Gasteiger partial charge on any atom is 0.251 e. The number of carbonyl (C=O) groups excluding carboxylic acids is 2. The lowest BCUT2D eigenvalue weighted by Gasteiger charge is -2.29. The zero-order valence-corrected chi connectivity index (χ0v) is 14.5. The summed E-state index contributed by atoms with van der Waals surface area (Å²) in [5, 5.41) is 14.2. The molecule has 0 aliphatic heterocycles. The number of benzene rings is 1.